The van der Waals surface area contributed by atoms with Crippen LogP contribution in [-0.4, -0.2) is 84.2 Å². The van der Waals surface area contributed by atoms with Gasteiger partial charge in [0.05, 0.1) is 54.6 Å². The molecule has 12 heteroatoms. The highest BCUT2D eigenvalue weighted by Gasteiger charge is 2.36. The highest BCUT2D eigenvalue weighted by atomic mass is 16.5. The van der Waals surface area contributed by atoms with Crippen molar-refractivity contribution in [2.75, 3.05) is 38.0 Å². The summed E-state index contributed by atoms with van der Waals surface area (Å²) in [5.74, 6) is 1.71. The van der Waals surface area contributed by atoms with E-state index in [1.165, 1.54) is 29.4 Å². The van der Waals surface area contributed by atoms with Gasteiger partial charge in [0.15, 0.2) is 29.3 Å². The second-order valence-corrected chi connectivity index (χ2v) is 15.7. The van der Waals surface area contributed by atoms with Crippen LogP contribution in [0.15, 0.2) is 91.0 Å². The zero-order valence-corrected chi connectivity index (χ0v) is 34.2. The predicted molar refractivity (Wildman–Crippen MR) is 226 cm³/mol. The van der Waals surface area contributed by atoms with Crippen LogP contribution in [-0.2, 0) is 39.1 Å². The number of nitrogens with one attached hydrogen (secondary N) is 1. The minimum Gasteiger partial charge on any atom is -0.493 e. The van der Waals surface area contributed by atoms with Crippen molar-refractivity contribution in [1.82, 2.24) is 14.8 Å². The number of rotatable bonds is 13. The van der Waals surface area contributed by atoms with Gasteiger partial charge in [-0.05, 0) is 80.3 Å². The maximum Gasteiger partial charge on any atom is 0.256 e. The Morgan fingerprint density at radius 3 is 2.07 bits per heavy atom. The monoisotopic (exact) mass is 797 g/mol. The van der Waals surface area contributed by atoms with Crippen molar-refractivity contribution in [3.8, 4) is 23.0 Å². The molecular weight excluding hydrogens is 747 g/mol. The van der Waals surface area contributed by atoms with E-state index in [0.29, 0.717) is 82.9 Å². The van der Waals surface area contributed by atoms with Crippen LogP contribution in [0.3, 0.4) is 0 Å². The van der Waals surface area contributed by atoms with Crippen LogP contribution in [0.2, 0.25) is 0 Å². The smallest absolute Gasteiger partial charge is 0.256 e. The molecule has 5 aromatic rings. The van der Waals surface area contributed by atoms with Crippen molar-refractivity contribution in [1.29, 1.82) is 0 Å². The molecule has 0 saturated carbocycles. The predicted octanol–water partition coefficient (Wildman–Crippen LogP) is 6.65. The number of hydrogen-bond donors (Lipinski definition) is 2. The number of nitrogens with zero attached hydrogens (tertiary/aromatic N) is 4. The standard InChI is InChI=1S/C47H51N5O7/c1-29(2)52(47(55)41-18-31-12-7-8-13-32(31)24-50(41)3)40-22-45(42(56-4)19-34(40)26-53)59-28-36-16-10-15-35(49-36)27-58-44-21-39-38(20-43(44)57-5)46(54)51-25-33-14-9-6-11-30(33)17-37(51)23-48-39/h6-16,19-22,26,29,37,41,47-48,55H,17-18,23-25,27-28H2,1-5H3. The Kier molecular flexibility index (Phi) is 11.4. The van der Waals surface area contributed by atoms with Crippen molar-refractivity contribution < 1.29 is 33.6 Å². The normalized spacial score (nSPS) is 17.7. The molecule has 3 aliphatic heterocycles. The molecule has 0 bridgehead atoms. The molecule has 1 amide bonds. The van der Waals surface area contributed by atoms with Gasteiger partial charge in [-0.3, -0.25) is 19.5 Å². The topological polar surface area (TPSA) is 126 Å². The zero-order valence-electron chi connectivity index (χ0n) is 34.2. The lowest BCUT2D eigenvalue weighted by Crippen LogP contribution is -2.55. The number of likely N-dealkylation sites (N-methyl/N-ethyl adjacent to an activating group) is 1. The van der Waals surface area contributed by atoms with Crippen LogP contribution >= 0.6 is 0 Å². The number of anilines is 2. The van der Waals surface area contributed by atoms with E-state index in [2.05, 4.69) is 34.5 Å². The van der Waals surface area contributed by atoms with E-state index in [9.17, 15) is 14.7 Å². The molecule has 3 unspecified atom stereocenters. The minimum atomic E-state index is -0.916. The molecule has 0 aliphatic carbocycles. The van der Waals surface area contributed by atoms with Gasteiger partial charge < -0.3 is 39.2 Å². The zero-order chi connectivity index (χ0) is 41.2. The average Bonchev–Trinajstić information content (AvgIpc) is 3.38. The number of pyridine rings is 1. The lowest BCUT2D eigenvalue weighted by atomic mass is 9.92. The summed E-state index contributed by atoms with van der Waals surface area (Å²) in [6.45, 7) is 6.14. The van der Waals surface area contributed by atoms with E-state index >= 15 is 0 Å². The fraction of sp³-hybridized carbons (Fsp3) is 0.340. The molecule has 1 aromatic heterocycles. The Morgan fingerprint density at radius 1 is 0.814 bits per heavy atom. The van der Waals surface area contributed by atoms with Gasteiger partial charge in [-0.25, -0.2) is 0 Å². The Labute approximate surface area is 345 Å². The van der Waals surface area contributed by atoms with Crippen molar-refractivity contribution in [3.05, 3.63) is 136 Å². The number of hydrogen-bond acceptors (Lipinski definition) is 11. The molecule has 8 rings (SSSR count). The first kappa shape index (κ1) is 39.7. The van der Waals surface area contributed by atoms with E-state index in [0.717, 1.165) is 12.7 Å². The molecule has 4 heterocycles. The van der Waals surface area contributed by atoms with Gasteiger partial charge in [0.2, 0.25) is 0 Å². The number of aldehydes is 1. The largest absolute Gasteiger partial charge is 0.493 e. The quantitative estimate of drug-likeness (QED) is 0.0983. The summed E-state index contributed by atoms with van der Waals surface area (Å²) < 4.78 is 24.0. The number of fused-ring (bicyclic) bond motifs is 4. The van der Waals surface area contributed by atoms with Crippen LogP contribution in [0, 0.1) is 0 Å². The molecule has 12 nitrogen and oxygen atoms in total. The summed E-state index contributed by atoms with van der Waals surface area (Å²) >= 11 is 0. The fourth-order valence-corrected chi connectivity index (χ4v) is 8.62. The highest BCUT2D eigenvalue weighted by molar-refractivity contribution is 6.01. The van der Waals surface area contributed by atoms with Gasteiger partial charge >= 0.3 is 0 Å². The Morgan fingerprint density at radius 2 is 1.42 bits per heavy atom. The molecule has 2 N–H and O–H groups in total. The third-order valence-corrected chi connectivity index (χ3v) is 11.7. The Hall–Kier alpha value is -6.11. The van der Waals surface area contributed by atoms with Gasteiger partial charge in [0, 0.05) is 43.4 Å². The fourth-order valence-electron chi connectivity index (χ4n) is 8.62. The average molecular weight is 798 g/mol. The second kappa shape index (κ2) is 17.0. The van der Waals surface area contributed by atoms with Crippen LogP contribution in [0.1, 0.15) is 68.2 Å². The summed E-state index contributed by atoms with van der Waals surface area (Å²) in [7, 11) is 5.11. The molecular formula is C47H51N5O7. The summed E-state index contributed by atoms with van der Waals surface area (Å²) in [5.41, 5.74) is 8.40. The van der Waals surface area contributed by atoms with E-state index in [1.54, 1.807) is 25.3 Å². The number of aromatic nitrogens is 1. The third kappa shape index (κ3) is 8.02. The molecule has 0 spiro atoms. The molecule has 306 valence electrons. The number of carbonyl (C=O) groups excluding carboxylic acids is 2. The number of carbonyl (C=O) groups is 2. The Bertz CT molecular complexity index is 2350. The van der Waals surface area contributed by atoms with Gasteiger partial charge in [-0.2, -0.15) is 0 Å². The maximum atomic E-state index is 13.9. The highest BCUT2D eigenvalue weighted by Crippen LogP contribution is 2.40. The SMILES string of the molecule is COc1cc2c(cc1OCc1cccc(COc3cc(N(C(C)C)C(O)C4Cc5ccccc5CN4C)c(C=O)cc3OC)n1)NCC1Cc3ccccc3CN1C2=O. The van der Waals surface area contributed by atoms with Crippen LogP contribution < -0.4 is 29.2 Å². The summed E-state index contributed by atoms with van der Waals surface area (Å²) in [4.78, 5) is 37.2. The number of aliphatic hydroxyl groups is 1. The third-order valence-electron chi connectivity index (χ3n) is 11.7. The van der Waals surface area contributed by atoms with Gasteiger partial charge in [-0.15, -0.1) is 0 Å². The van der Waals surface area contributed by atoms with Crippen LogP contribution in [0.25, 0.3) is 0 Å². The van der Waals surface area contributed by atoms with E-state index < -0.39 is 6.23 Å². The van der Waals surface area contributed by atoms with E-state index in [4.69, 9.17) is 23.9 Å². The second-order valence-electron chi connectivity index (χ2n) is 15.7. The number of ether oxygens (including phenoxy) is 4. The molecule has 4 aromatic carbocycles. The van der Waals surface area contributed by atoms with Crippen molar-refractivity contribution >= 4 is 23.6 Å². The van der Waals surface area contributed by atoms with E-state index in [1.807, 2.05) is 79.2 Å². The molecule has 59 heavy (non-hydrogen) atoms. The summed E-state index contributed by atoms with van der Waals surface area (Å²) in [6.07, 6.45) is 1.33. The Balaban J connectivity index is 0.976. The molecule has 3 aliphatic rings. The minimum absolute atomic E-state index is 0.0342. The molecule has 0 saturated heterocycles. The lowest BCUT2D eigenvalue weighted by molar-refractivity contribution is 0.0460. The van der Waals surface area contributed by atoms with Crippen LogP contribution in [0.4, 0.5) is 11.4 Å². The van der Waals surface area contributed by atoms with Crippen molar-refractivity contribution in [2.45, 2.75) is 77.3 Å². The van der Waals surface area contributed by atoms with Crippen LogP contribution in [0.5, 0.6) is 23.0 Å². The molecule has 0 radical (unpaired) electrons. The van der Waals surface area contributed by atoms with E-state index in [-0.39, 0.29) is 37.2 Å². The molecule has 3 atom stereocenters. The first-order valence-electron chi connectivity index (χ1n) is 20.1. The molecule has 0 fully saturated rings. The van der Waals surface area contributed by atoms with Crippen molar-refractivity contribution in [3.63, 3.8) is 0 Å². The van der Waals surface area contributed by atoms with Gasteiger partial charge in [0.25, 0.3) is 5.91 Å². The first-order valence-corrected chi connectivity index (χ1v) is 20.1. The van der Waals surface area contributed by atoms with Gasteiger partial charge in [-0.1, -0.05) is 54.6 Å². The van der Waals surface area contributed by atoms with Crippen molar-refractivity contribution in [2.24, 2.45) is 0 Å². The number of amides is 1. The number of benzene rings is 4. The number of aliphatic hydroxyl groups excluding tert-OH is 1. The summed E-state index contributed by atoms with van der Waals surface area (Å²) in [6, 6.07) is 28.9. The van der Waals surface area contributed by atoms with Gasteiger partial charge in [0.1, 0.15) is 19.4 Å². The number of methoxy groups -OCH3 is 2. The first-order chi connectivity index (χ1) is 28.6. The maximum absolute atomic E-state index is 13.9. The summed E-state index contributed by atoms with van der Waals surface area (Å²) in [5, 5.41) is 15.5. The lowest BCUT2D eigenvalue weighted by Gasteiger charge is -2.44.